The lowest BCUT2D eigenvalue weighted by Gasteiger charge is -2.34. The minimum Gasteiger partial charge on any atom is -0.379 e. The maximum atomic E-state index is 12.9. The maximum Gasteiger partial charge on any atom is 0.256 e. The van der Waals surface area contributed by atoms with Crippen LogP contribution in [0.5, 0.6) is 0 Å². The van der Waals surface area contributed by atoms with E-state index in [1.54, 1.807) is 29.2 Å². The minimum atomic E-state index is -0.186. The normalized spacial score (nSPS) is 20.0. The van der Waals surface area contributed by atoms with Gasteiger partial charge in [-0.2, -0.15) is 0 Å². The van der Waals surface area contributed by atoms with Crippen LogP contribution in [0, 0.1) is 5.92 Å². The van der Waals surface area contributed by atoms with E-state index >= 15 is 0 Å². The third kappa shape index (κ3) is 2.91. The third-order valence-corrected chi connectivity index (χ3v) is 4.75. The van der Waals surface area contributed by atoms with Gasteiger partial charge in [0, 0.05) is 39.0 Å². The molecule has 1 amide bonds. The molecule has 2 aliphatic rings. The summed E-state index contributed by atoms with van der Waals surface area (Å²) < 4.78 is 7.69. The van der Waals surface area contributed by atoms with Gasteiger partial charge >= 0.3 is 0 Å². The average molecular weight is 327 g/mol. The lowest BCUT2D eigenvalue weighted by atomic mass is 10.0. The van der Waals surface area contributed by atoms with Gasteiger partial charge in [0.1, 0.15) is 11.7 Å². The number of hydrogen-bond acceptors (Lipinski definition) is 5. The van der Waals surface area contributed by atoms with Gasteiger partial charge in [-0.1, -0.05) is 5.21 Å². The number of pyridine rings is 1. The summed E-state index contributed by atoms with van der Waals surface area (Å²) in [5.41, 5.74) is 2.54. The largest absolute Gasteiger partial charge is 0.379 e. The van der Waals surface area contributed by atoms with E-state index in [0.717, 1.165) is 24.4 Å². The summed E-state index contributed by atoms with van der Waals surface area (Å²) in [6.07, 6.45) is 6.53. The average Bonchev–Trinajstić information content (AvgIpc) is 3.37. The van der Waals surface area contributed by atoms with Crippen molar-refractivity contribution in [3.05, 3.63) is 41.5 Å². The van der Waals surface area contributed by atoms with Gasteiger partial charge < -0.3 is 9.64 Å². The quantitative estimate of drug-likeness (QED) is 0.829. The molecule has 0 unspecified atom stereocenters. The summed E-state index contributed by atoms with van der Waals surface area (Å²) in [5.74, 6) is 0.664. The highest BCUT2D eigenvalue weighted by Crippen LogP contribution is 2.32. The molecule has 0 saturated heterocycles. The Morgan fingerprint density at radius 3 is 3.00 bits per heavy atom. The number of nitrogens with zero attached hydrogens (tertiary/aromatic N) is 5. The molecular weight excluding hydrogens is 306 g/mol. The molecule has 0 aromatic carbocycles. The molecule has 7 nitrogen and oxygen atoms in total. The predicted octanol–water partition coefficient (Wildman–Crippen LogP) is 1.38. The standard InChI is InChI=1S/C17H21N5O2/c1-21-14-6-8-22(17(23)13-3-2-7-18-9-13)15(16(14)19-20-21)11-24-10-12-4-5-12/h2-3,7,9,12,15H,4-6,8,10-11H2,1H3/t15-/m1/s1. The molecule has 0 bridgehead atoms. The van der Waals surface area contributed by atoms with E-state index in [1.807, 2.05) is 11.9 Å². The molecule has 1 aliphatic heterocycles. The van der Waals surface area contributed by atoms with Crippen LogP contribution >= 0.6 is 0 Å². The first-order valence-electron chi connectivity index (χ1n) is 8.41. The molecule has 1 fully saturated rings. The number of aromatic nitrogens is 4. The number of aryl methyl sites for hydroxylation is 1. The number of carbonyl (C=O) groups is 1. The fourth-order valence-corrected chi connectivity index (χ4v) is 3.17. The van der Waals surface area contributed by atoms with Gasteiger partial charge in [0.25, 0.3) is 5.91 Å². The van der Waals surface area contributed by atoms with Crippen molar-refractivity contribution in [2.45, 2.75) is 25.3 Å². The number of hydrogen-bond donors (Lipinski definition) is 0. The van der Waals surface area contributed by atoms with Crippen molar-refractivity contribution in [1.29, 1.82) is 0 Å². The van der Waals surface area contributed by atoms with E-state index in [0.29, 0.717) is 24.6 Å². The molecule has 4 rings (SSSR count). The Hall–Kier alpha value is -2.28. The van der Waals surface area contributed by atoms with Crippen molar-refractivity contribution < 1.29 is 9.53 Å². The molecule has 0 spiro atoms. The topological polar surface area (TPSA) is 73.1 Å². The molecule has 1 saturated carbocycles. The highest BCUT2D eigenvalue weighted by molar-refractivity contribution is 5.94. The summed E-state index contributed by atoms with van der Waals surface area (Å²) in [6, 6.07) is 3.39. The second-order valence-electron chi connectivity index (χ2n) is 6.53. The van der Waals surface area contributed by atoms with E-state index in [-0.39, 0.29) is 11.9 Å². The third-order valence-electron chi connectivity index (χ3n) is 4.75. The van der Waals surface area contributed by atoms with E-state index in [4.69, 9.17) is 4.74 Å². The van der Waals surface area contributed by atoms with Crippen LogP contribution in [0.25, 0.3) is 0 Å². The molecule has 2 aromatic rings. The number of amides is 1. The van der Waals surface area contributed by atoms with Gasteiger partial charge in [-0.25, -0.2) is 0 Å². The summed E-state index contributed by atoms with van der Waals surface area (Å²) in [7, 11) is 1.90. The summed E-state index contributed by atoms with van der Waals surface area (Å²) in [6.45, 7) is 1.87. The van der Waals surface area contributed by atoms with E-state index in [2.05, 4.69) is 15.3 Å². The lowest BCUT2D eigenvalue weighted by molar-refractivity contribution is 0.0355. The van der Waals surface area contributed by atoms with Crippen molar-refractivity contribution in [3.8, 4) is 0 Å². The molecule has 2 aromatic heterocycles. The molecule has 0 radical (unpaired) electrons. The number of ether oxygens (including phenoxy) is 1. The van der Waals surface area contributed by atoms with Crippen molar-refractivity contribution in [3.63, 3.8) is 0 Å². The smallest absolute Gasteiger partial charge is 0.256 e. The lowest BCUT2D eigenvalue weighted by Crippen LogP contribution is -2.42. The van der Waals surface area contributed by atoms with Crippen LogP contribution in [0.3, 0.4) is 0 Å². The predicted molar refractivity (Wildman–Crippen MR) is 86.3 cm³/mol. The Morgan fingerprint density at radius 2 is 2.25 bits per heavy atom. The Labute approximate surface area is 140 Å². The number of fused-ring (bicyclic) bond motifs is 1. The van der Waals surface area contributed by atoms with Crippen LogP contribution in [-0.4, -0.2) is 50.5 Å². The molecule has 3 heterocycles. The first-order valence-corrected chi connectivity index (χ1v) is 8.41. The molecule has 1 atom stereocenters. The Morgan fingerprint density at radius 1 is 1.38 bits per heavy atom. The van der Waals surface area contributed by atoms with Crippen LogP contribution < -0.4 is 0 Å². The van der Waals surface area contributed by atoms with Crippen LogP contribution in [0.2, 0.25) is 0 Å². The zero-order chi connectivity index (χ0) is 16.5. The SMILES string of the molecule is Cn1nnc2c1CCN(C(=O)c1cccnc1)[C@@H]2COCC1CC1. The molecule has 1 aliphatic carbocycles. The molecule has 24 heavy (non-hydrogen) atoms. The van der Waals surface area contributed by atoms with Crippen molar-refractivity contribution in [2.75, 3.05) is 19.8 Å². The van der Waals surface area contributed by atoms with Crippen LogP contribution in [0.4, 0.5) is 0 Å². The van der Waals surface area contributed by atoms with Gasteiger partial charge in [0.05, 0.1) is 17.9 Å². The zero-order valence-electron chi connectivity index (χ0n) is 13.8. The van der Waals surface area contributed by atoms with Gasteiger partial charge in [-0.15, -0.1) is 5.10 Å². The summed E-state index contributed by atoms with van der Waals surface area (Å²) >= 11 is 0. The van der Waals surface area contributed by atoms with Gasteiger partial charge in [0.15, 0.2) is 0 Å². The Kier molecular flexibility index (Phi) is 4.02. The van der Waals surface area contributed by atoms with Gasteiger partial charge in [-0.3, -0.25) is 14.5 Å². The maximum absolute atomic E-state index is 12.9. The van der Waals surface area contributed by atoms with E-state index in [1.165, 1.54) is 12.8 Å². The van der Waals surface area contributed by atoms with Gasteiger partial charge in [0.2, 0.25) is 0 Å². The van der Waals surface area contributed by atoms with Crippen LogP contribution in [-0.2, 0) is 18.2 Å². The fraction of sp³-hybridized carbons (Fsp3) is 0.529. The second kappa shape index (κ2) is 6.32. The van der Waals surface area contributed by atoms with Crippen molar-refractivity contribution in [1.82, 2.24) is 24.9 Å². The Bertz CT molecular complexity index is 726. The van der Waals surface area contributed by atoms with Crippen LogP contribution in [0.1, 0.15) is 40.6 Å². The first kappa shape index (κ1) is 15.3. The van der Waals surface area contributed by atoms with Crippen molar-refractivity contribution in [2.24, 2.45) is 13.0 Å². The van der Waals surface area contributed by atoms with Crippen molar-refractivity contribution >= 4 is 5.91 Å². The minimum absolute atomic E-state index is 0.0283. The number of rotatable bonds is 5. The second-order valence-corrected chi connectivity index (χ2v) is 6.53. The molecular formula is C17H21N5O2. The van der Waals surface area contributed by atoms with E-state index in [9.17, 15) is 4.79 Å². The molecule has 0 N–H and O–H groups in total. The molecule has 126 valence electrons. The Balaban J connectivity index is 1.57. The van der Waals surface area contributed by atoms with Gasteiger partial charge in [-0.05, 0) is 30.9 Å². The monoisotopic (exact) mass is 327 g/mol. The summed E-state index contributed by atoms with van der Waals surface area (Å²) in [5, 5.41) is 8.43. The fourth-order valence-electron chi connectivity index (χ4n) is 3.17. The van der Waals surface area contributed by atoms with Crippen LogP contribution in [0.15, 0.2) is 24.5 Å². The highest BCUT2D eigenvalue weighted by atomic mass is 16.5. The number of carbonyl (C=O) groups excluding carboxylic acids is 1. The molecule has 7 heteroatoms. The zero-order valence-corrected chi connectivity index (χ0v) is 13.8. The van der Waals surface area contributed by atoms with E-state index < -0.39 is 0 Å². The summed E-state index contributed by atoms with van der Waals surface area (Å²) in [4.78, 5) is 18.8. The highest BCUT2D eigenvalue weighted by Gasteiger charge is 2.35. The first-order chi connectivity index (χ1) is 11.7.